The molecule has 1 heterocycles. The van der Waals surface area contributed by atoms with Crippen molar-refractivity contribution in [2.45, 2.75) is 19.9 Å². The maximum atomic E-state index is 11.8. The molecule has 5 heteroatoms. The second-order valence-corrected chi connectivity index (χ2v) is 4.21. The first-order valence-electron chi connectivity index (χ1n) is 4.78. The molecule has 0 aromatic rings. The third-order valence-electron chi connectivity index (χ3n) is 2.43. The highest BCUT2D eigenvalue weighted by atomic mass is 32.1. The van der Waals surface area contributed by atoms with Crippen molar-refractivity contribution in [1.82, 2.24) is 4.90 Å². The highest BCUT2D eigenvalue weighted by Gasteiger charge is 2.34. The standard InChI is InChI=1S/C10H15NO3S/c1-6-3-8(10(13)14)11(4-6)9(12)7(2)5-15/h3,7-8,15H,4-5H2,1-2H3,(H,13,14). The summed E-state index contributed by atoms with van der Waals surface area (Å²) in [6.07, 6.45) is 1.62. The van der Waals surface area contributed by atoms with Crippen molar-refractivity contribution < 1.29 is 14.7 Å². The molecule has 0 aromatic heterocycles. The van der Waals surface area contributed by atoms with Crippen LogP contribution in [0.15, 0.2) is 11.6 Å². The van der Waals surface area contributed by atoms with Gasteiger partial charge in [-0.25, -0.2) is 4.79 Å². The number of carbonyl (C=O) groups excluding carboxylic acids is 1. The van der Waals surface area contributed by atoms with Crippen LogP contribution in [0.3, 0.4) is 0 Å². The van der Waals surface area contributed by atoms with Crippen molar-refractivity contribution >= 4 is 24.5 Å². The first kappa shape index (κ1) is 12.1. The molecule has 1 aliphatic rings. The van der Waals surface area contributed by atoms with Gasteiger partial charge in [0.1, 0.15) is 6.04 Å². The topological polar surface area (TPSA) is 57.6 Å². The van der Waals surface area contributed by atoms with Crippen molar-refractivity contribution in [3.05, 3.63) is 11.6 Å². The van der Waals surface area contributed by atoms with Crippen LogP contribution in [-0.4, -0.2) is 40.2 Å². The molecule has 4 nitrogen and oxygen atoms in total. The molecule has 0 aliphatic carbocycles. The van der Waals surface area contributed by atoms with Gasteiger partial charge in [0.15, 0.2) is 0 Å². The van der Waals surface area contributed by atoms with Crippen LogP contribution in [0.5, 0.6) is 0 Å². The minimum atomic E-state index is -0.980. The minimum absolute atomic E-state index is 0.148. The number of carboxylic acid groups (broad SMARTS) is 1. The summed E-state index contributed by atoms with van der Waals surface area (Å²) in [4.78, 5) is 24.1. The third-order valence-corrected chi connectivity index (χ3v) is 2.98. The SMILES string of the molecule is CC1=CC(C(=O)O)N(C(=O)C(C)CS)C1. The van der Waals surface area contributed by atoms with Crippen molar-refractivity contribution in [2.24, 2.45) is 5.92 Å². The zero-order valence-corrected chi connectivity index (χ0v) is 9.70. The van der Waals surface area contributed by atoms with Gasteiger partial charge in [-0.1, -0.05) is 18.6 Å². The lowest BCUT2D eigenvalue weighted by Gasteiger charge is -2.24. The molecule has 0 radical (unpaired) electrons. The van der Waals surface area contributed by atoms with Gasteiger partial charge in [-0.2, -0.15) is 12.6 Å². The van der Waals surface area contributed by atoms with E-state index in [2.05, 4.69) is 12.6 Å². The molecule has 0 spiro atoms. The molecule has 84 valence electrons. The van der Waals surface area contributed by atoms with Crippen LogP contribution in [-0.2, 0) is 9.59 Å². The Hall–Kier alpha value is -0.970. The van der Waals surface area contributed by atoms with E-state index in [0.717, 1.165) is 5.57 Å². The Morgan fingerprint density at radius 3 is 2.80 bits per heavy atom. The Morgan fingerprint density at radius 2 is 2.33 bits per heavy atom. The largest absolute Gasteiger partial charge is 0.479 e. The molecule has 0 saturated heterocycles. The number of rotatable bonds is 3. The number of nitrogens with zero attached hydrogens (tertiary/aromatic N) is 1. The lowest BCUT2D eigenvalue weighted by atomic mass is 10.1. The average molecular weight is 229 g/mol. The van der Waals surface area contributed by atoms with Crippen LogP contribution >= 0.6 is 12.6 Å². The van der Waals surface area contributed by atoms with Gasteiger partial charge in [0.05, 0.1) is 0 Å². The predicted octanol–water partition coefficient (Wildman–Crippen LogP) is 0.794. The van der Waals surface area contributed by atoms with E-state index in [4.69, 9.17) is 5.11 Å². The van der Waals surface area contributed by atoms with Crippen molar-refractivity contribution in [3.63, 3.8) is 0 Å². The normalized spacial score (nSPS) is 22.5. The maximum absolute atomic E-state index is 11.8. The van der Waals surface area contributed by atoms with Crippen molar-refractivity contribution in [3.8, 4) is 0 Å². The van der Waals surface area contributed by atoms with Gasteiger partial charge >= 0.3 is 5.97 Å². The summed E-state index contributed by atoms with van der Waals surface area (Å²) in [6, 6.07) is -0.806. The first-order valence-corrected chi connectivity index (χ1v) is 5.42. The van der Waals surface area contributed by atoms with Crippen molar-refractivity contribution in [2.75, 3.05) is 12.3 Å². The summed E-state index contributed by atoms with van der Waals surface area (Å²) >= 11 is 4.04. The van der Waals surface area contributed by atoms with Crippen LogP contribution in [0.4, 0.5) is 0 Å². The van der Waals surface area contributed by atoms with E-state index in [0.29, 0.717) is 12.3 Å². The lowest BCUT2D eigenvalue weighted by Crippen LogP contribution is -2.43. The Kier molecular flexibility index (Phi) is 3.79. The van der Waals surface area contributed by atoms with Gasteiger partial charge in [-0.15, -0.1) is 0 Å². The highest BCUT2D eigenvalue weighted by molar-refractivity contribution is 7.80. The minimum Gasteiger partial charge on any atom is -0.479 e. The highest BCUT2D eigenvalue weighted by Crippen LogP contribution is 2.19. The molecule has 1 rings (SSSR count). The van der Waals surface area contributed by atoms with Gasteiger partial charge in [-0.05, 0) is 6.92 Å². The van der Waals surface area contributed by atoms with Gasteiger partial charge in [0.2, 0.25) is 5.91 Å². The van der Waals surface area contributed by atoms with E-state index >= 15 is 0 Å². The summed E-state index contributed by atoms with van der Waals surface area (Å²) in [5, 5.41) is 8.95. The van der Waals surface area contributed by atoms with E-state index in [-0.39, 0.29) is 11.8 Å². The Morgan fingerprint density at radius 1 is 1.73 bits per heavy atom. The molecule has 1 amide bonds. The van der Waals surface area contributed by atoms with E-state index in [1.165, 1.54) is 4.90 Å². The first-order chi connectivity index (χ1) is 6.97. The molecule has 1 N–H and O–H groups in total. The number of hydrogen-bond donors (Lipinski definition) is 2. The summed E-state index contributed by atoms with van der Waals surface area (Å²) in [7, 11) is 0. The third kappa shape index (κ3) is 2.53. The molecule has 0 saturated carbocycles. The van der Waals surface area contributed by atoms with Crippen LogP contribution in [0, 0.1) is 5.92 Å². The fraction of sp³-hybridized carbons (Fsp3) is 0.600. The van der Waals surface area contributed by atoms with E-state index in [9.17, 15) is 9.59 Å². The summed E-state index contributed by atoms with van der Waals surface area (Å²) in [6.45, 7) is 3.99. The molecular formula is C10H15NO3S. The number of carbonyl (C=O) groups is 2. The number of aliphatic carboxylic acids is 1. The summed E-state index contributed by atoms with van der Waals surface area (Å²) in [5.41, 5.74) is 0.919. The smallest absolute Gasteiger partial charge is 0.330 e. The van der Waals surface area contributed by atoms with Crippen LogP contribution in [0.25, 0.3) is 0 Å². The summed E-state index contributed by atoms with van der Waals surface area (Å²) in [5.74, 6) is -0.938. The van der Waals surface area contributed by atoms with Gasteiger partial charge in [0.25, 0.3) is 0 Å². The number of hydrogen-bond acceptors (Lipinski definition) is 3. The molecular weight excluding hydrogens is 214 g/mol. The quantitative estimate of drug-likeness (QED) is 0.556. The fourth-order valence-electron chi connectivity index (χ4n) is 1.56. The Bertz CT molecular complexity index is 314. The molecule has 2 atom stereocenters. The fourth-order valence-corrected chi connectivity index (χ4v) is 1.72. The van der Waals surface area contributed by atoms with Crippen LogP contribution in [0.1, 0.15) is 13.8 Å². The second kappa shape index (κ2) is 4.70. The average Bonchev–Trinajstić information content (AvgIpc) is 2.58. The van der Waals surface area contributed by atoms with E-state index in [1.54, 1.807) is 13.0 Å². The molecule has 0 fully saturated rings. The second-order valence-electron chi connectivity index (χ2n) is 3.85. The van der Waals surface area contributed by atoms with E-state index < -0.39 is 12.0 Å². The molecule has 15 heavy (non-hydrogen) atoms. The Labute approximate surface area is 94.4 Å². The van der Waals surface area contributed by atoms with Crippen LogP contribution < -0.4 is 0 Å². The predicted molar refractivity (Wildman–Crippen MR) is 59.9 cm³/mol. The number of carboxylic acids is 1. The van der Waals surface area contributed by atoms with E-state index in [1.807, 2.05) is 6.92 Å². The van der Waals surface area contributed by atoms with Gasteiger partial charge in [-0.3, -0.25) is 4.79 Å². The molecule has 0 aromatic carbocycles. The zero-order chi connectivity index (χ0) is 11.6. The molecule has 0 bridgehead atoms. The molecule has 2 unspecified atom stereocenters. The van der Waals surface area contributed by atoms with Crippen LogP contribution in [0.2, 0.25) is 0 Å². The van der Waals surface area contributed by atoms with Gasteiger partial charge in [0, 0.05) is 18.2 Å². The van der Waals surface area contributed by atoms with Gasteiger partial charge < -0.3 is 10.0 Å². The monoisotopic (exact) mass is 229 g/mol. The maximum Gasteiger partial charge on any atom is 0.330 e. The Balaban J connectivity index is 2.79. The number of amides is 1. The lowest BCUT2D eigenvalue weighted by molar-refractivity contribution is -0.148. The number of thiol groups is 1. The van der Waals surface area contributed by atoms with Crippen molar-refractivity contribution in [1.29, 1.82) is 0 Å². The zero-order valence-electron chi connectivity index (χ0n) is 8.80. The summed E-state index contributed by atoms with van der Waals surface area (Å²) < 4.78 is 0. The molecule has 1 aliphatic heterocycles.